The number of hydrogen-bond acceptors (Lipinski definition) is 5. The van der Waals surface area contributed by atoms with Crippen LogP contribution in [-0.4, -0.2) is 27.9 Å². The van der Waals surface area contributed by atoms with Gasteiger partial charge in [0.25, 0.3) is 0 Å². The Morgan fingerprint density at radius 2 is 1.96 bits per heavy atom. The first-order valence-electron chi connectivity index (χ1n) is 7.52. The van der Waals surface area contributed by atoms with E-state index in [0.717, 1.165) is 10.9 Å². The highest BCUT2D eigenvalue weighted by Crippen LogP contribution is 2.39. The van der Waals surface area contributed by atoms with E-state index < -0.39 is 0 Å². The van der Waals surface area contributed by atoms with Crippen molar-refractivity contribution in [2.45, 2.75) is 13.5 Å². The molecule has 0 unspecified atom stereocenters. The number of rotatable bonds is 6. The number of pyridine rings is 1. The third-order valence-corrected chi connectivity index (χ3v) is 3.48. The topological polar surface area (TPSA) is 72.0 Å². The highest BCUT2D eigenvalue weighted by atomic mass is 16.5. The lowest BCUT2D eigenvalue weighted by Gasteiger charge is -2.06. The predicted octanol–water partition coefficient (Wildman–Crippen LogP) is 4.19. The van der Waals surface area contributed by atoms with Crippen LogP contribution in [-0.2, 0) is 11.3 Å². The molecule has 6 heteroatoms. The highest BCUT2D eigenvalue weighted by Gasteiger charge is 2.16. The summed E-state index contributed by atoms with van der Waals surface area (Å²) in [5, 5.41) is 19.7. The van der Waals surface area contributed by atoms with Gasteiger partial charge in [-0.05, 0) is 25.1 Å². The molecule has 1 N–H and O–H groups in total. The molecule has 0 saturated carbocycles. The smallest absolute Gasteiger partial charge is 0.220 e. The minimum absolute atomic E-state index is 0.0885. The molecule has 0 aliphatic carbocycles. The molecular weight excluding hydrogens is 292 g/mol. The molecule has 0 aliphatic heterocycles. The number of azo groups is 1. The molecule has 0 atom stereocenters. The number of nitrogens with zero attached hydrogens (tertiary/aromatic N) is 4. The van der Waals surface area contributed by atoms with Crippen LogP contribution >= 0.6 is 0 Å². The van der Waals surface area contributed by atoms with Gasteiger partial charge in [-0.15, -0.1) is 10.2 Å². The number of para-hydroxylation sites is 1. The van der Waals surface area contributed by atoms with Crippen LogP contribution in [0.25, 0.3) is 10.9 Å². The SMILES string of the molecule is CCOCCn1c(O)c(N=Nc2ccccn2)c2ccccc21. The summed E-state index contributed by atoms with van der Waals surface area (Å²) in [6, 6.07) is 13.1. The van der Waals surface area contributed by atoms with Crippen molar-refractivity contribution in [2.75, 3.05) is 13.2 Å². The summed E-state index contributed by atoms with van der Waals surface area (Å²) >= 11 is 0. The first kappa shape index (κ1) is 15.2. The third-order valence-electron chi connectivity index (χ3n) is 3.48. The van der Waals surface area contributed by atoms with Crippen LogP contribution in [0.3, 0.4) is 0 Å². The van der Waals surface area contributed by atoms with E-state index in [1.54, 1.807) is 16.8 Å². The van der Waals surface area contributed by atoms with Crippen LogP contribution in [0, 0.1) is 0 Å². The van der Waals surface area contributed by atoms with Crippen LogP contribution in [0.15, 0.2) is 58.9 Å². The Labute approximate surface area is 134 Å². The number of aromatic hydroxyl groups is 1. The molecule has 3 rings (SSSR count). The summed E-state index contributed by atoms with van der Waals surface area (Å²) in [5.74, 6) is 0.587. The number of hydrogen-bond donors (Lipinski definition) is 1. The van der Waals surface area contributed by atoms with E-state index in [9.17, 15) is 5.11 Å². The van der Waals surface area contributed by atoms with Crippen molar-refractivity contribution in [2.24, 2.45) is 10.2 Å². The van der Waals surface area contributed by atoms with E-state index in [4.69, 9.17) is 4.74 Å². The molecular formula is C17H18N4O2. The second kappa shape index (κ2) is 7.02. The van der Waals surface area contributed by atoms with Crippen LogP contribution in [0.1, 0.15) is 6.92 Å². The fraction of sp³-hybridized carbons (Fsp3) is 0.235. The maximum atomic E-state index is 10.5. The Morgan fingerprint density at radius 3 is 2.74 bits per heavy atom. The monoisotopic (exact) mass is 310 g/mol. The largest absolute Gasteiger partial charge is 0.493 e. The summed E-state index contributed by atoms with van der Waals surface area (Å²) in [7, 11) is 0. The van der Waals surface area contributed by atoms with Gasteiger partial charge >= 0.3 is 0 Å². The van der Waals surface area contributed by atoms with Gasteiger partial charge in [-0.1, -0.05) is 24.3 Å². The lowest BCUT2D eigenvalue weighted by atomic mass is 10.2. The number of aromatic nitrogens is 2. The predicted molar refractivity (Wildman–Crippen MR) is 88.5 cm³/mol. The zero-order valence-corrected chi connectivity index (χ0v) is 12.9. The minimum atomic E-state index is 0.0885. The molecule has 0 amide bonds. The fourth-order valence-electron chi connectivity index (χ4n) is 2.41. The normalized spacial score (nSPS) is 11.5. The second-order valence-electron chi connectivity index (χ2n) is 4.93. The zero-order chi connectivity index (χ0) is 16.1. The Kier molecular flexibility index (Phi) is 4.63. The lowest BCUT2D eigenvalue weighted by molar-refractivity contribution is 0.138. The van der Waals surface area contributed by atoms with Crippen molar-refractivity contribution in [1.29, 1.82) is 0 Å². The maximum absolute atomic E-state index is 10.5. The van der Waals surface area contributed by atoms with E-state index in [-0.39, 0.29) is 5.88 Å². The second-order valence-corrected chi connectivity index (χ2v) is 4.93. The molecule has 3 aromatic rings. The Morgan fingerprint density at radius 1 is 1.13 bits per heavy atom. The fourth-order valence-corrected chi connectivity index (χ4v) is 2.41. The Balaban J connectivity index is 1.99. The van der Waals surface area contributed by atoms with E-state index in [1.807, 2.05) is 43.3 Å². The van der Waals surface area contributed by atoms with Crippen LogP contribution in [0.5, 0.6) is 5.88 Å². The zero-order valence-electron chi connectivity index (χ0n) is 12.9. The molecule has 0 bridgehead atoms. The Bertz CT molecular complexity index is 812. The van der Waals surface area contributed by atoms with Crippen molar-refractivity contribution < 1.29 is 9.84 Å². The quantitative estimate of drug-likeness (QED) is 0.548. The molecule has 23 heavy (non-hydrogen) atoms. The molecule has 0 aliphatic rings. The lowest BCUT2D eigenvalue weighted by Crippen LogP contribution is -2.05. The van der Waals surface area contributed by atoms with Gasteiger partial charge in [0.2, 0.25) is 5.88 Å². The molecule has 2 heterocycles. The third kappa shape index (κ3) is 3.22. The maximum Gasteiger partial charge on any atom is 0.220 e. The summed E-state index contributed by atoms with van der Waals surface area (Å²) in [4.78, 5) is 4.10. The van der Waals surface area contributed by atoms with Crippen molar-refractivity contribution in [3.63, 3.8) is 0 Å². The average Bonchev–Trinajstić information content (AvgIpc) is 2.86. The molecule has 0 radical (unpaired) electrons. The highest BCUT2D eigenvalue weighted by molar-refractivity contribution is 5.94. The van der Waals surface area contributed by atoms with E-state index in [1.165, 1.54) is 0 Å². The summed E-state index contributed by atoms with van der Waals surface area (Å²) in [5.41, 5.74) is 1.35. The van der Waals surface area contributed by atoms with Gasteiger partial charge < -0.3 is 14.4 Å². The van der Waals surface area contributed by atoms with Crippen molar-refractivity contribution >= 4 is 22.4 Å². The molecule has 1 aromatic carbocycles. The minimum Gasteiger partial charge on any atom is -0.493 e. The molecule has 6 nitrogen and oxygen atoms in total. The first-order valence-corrected chi connectivity index (χ1v) is 7.52. The van der Waals surface area contributed by atoms with Gasteiger partial charge in [-0.3, -0.25) is 0 Å². The summed E-state index contributed by atoms with van der Waals surface area (Å²) in [6.45, 7) is 3.67. The summed E-state index contributed by atoms with van der Waals surface area (Å²) < 4.78 is 7.17. The molecule has 0 spiro atoms. The van der Waals surface area contributed by atoms with Gasteiger partial charge in [0.05, 0.1) is 12.1 Å². The van der Waals surface area contributed by atoms with Gasteiger partial charge in [0.15, 0.2) is 11.5 Å². The van der Waals surface area contributed by atoms with Crippen molar-refractivity contribution in [3.8, 4) is 5.88 Å². The van der Waals surface area contributed by atoms with E-state index >= 15 is 0 Å². The number of fused-ring (bicyclic) bond motifs is 1. The molecule has 0 saturated heterocycles. The van der Waals surface area contributed by atoms with E-state index in [2.05, 4.69) is 15.2 Å². The van der Waals surface area contributed by atoms with Crippen LogP contribution in [0.4, 0.5) is 11.5 Å². The molecule has 118 valence electrons. The standard InChI is InChI=1S/C17H18N4O2/c1-2-23-12-11-21-14-8-4-3-7-13(14)16(17(21)22)20-19-15-9-5-6-10-18-15/h3-10,22H,2,11-12H2,1H3. The van der Waals surface area contributed by atoms with Gasteiger partial charge in [0, 0.05) is 24.7 Å². The van der Waals surface area contributed by atoms with E-state index in [0.29, 0.717) is 31.3 Å². The average molecular weight is 310 g/mol. The Hall–Kier alpha value is -2.73. The van der Waals surface area contributed by atoms with Gasteiger partial charge in [-0.2, -0.15) is 0 Å². The number of ether oxygens (including phenoxy) is 1. The van der Waals surface area contributed by atoms with Gasteiger partial charge in [0.1, 0.15) is 0 Å². The first-order chi connectivity index (χ1) is 11.3. The van der Waals surface area contributed by atoms with Gasteiger partial charge in [-0.25, -0.2) is 4.98 Å². The van der Waals surface area contributed by atoms with Crippen molar-refractivity contribution in [1.82, 2.24) is 9.55 Å². The van der Waals surface area contributed by atoms with Crippen molar-refractivity contribution in [3.05, 3.63) is 48.7 Å². The molecule has 0 fully saturated rings. The molecule has 2 aromatic heterocycles. The number of benzene rings is 1. The van der Waals surface area contributed by atoms with Crippen LogP contribution in [0.2, 0.25) is 0 Å². The van der Waals surface area contributed by atoms with Crippen LogP contribution < -0.4 is 0 Å². The summed E-state index contributed by atoms with van der Waals surface area (Å²) in [6.07, 6.45) is 1.65.